The zero-order valence-electron chi connectivity index (χ0n) is 22.2. The smallest absolute Gasteiger partial charge is 0.255 e. The number of amides is 1. The zero-order valence-corrected chi connectivity index (χ0v) is 22.2. The highest BCUT2D eigenvalue weighted by Gasteiger charge is 2.21. The first kappa shape index (κ1) is 27.9. The van der Waals surface area contributed by atoms with Gasteiger partial charge in [-0.05, 0) is 50.3 Å². The number of carbonyl (C=O) groups is 1. The van der Waals surface area contributed by atoms with E-state index in [1.165, 1.54) is 129 Å². The van der Waals surface area contributed by atoms with Gasteiger partial charge in [0.15, 0.2) is 0 Å². The van der Waals surface area contributed by atoms with Gasteiger partial charge in [0.1, 0.15) is 5.82 Å². The number of nitrogens with one attached hydrogen (secondary N) is 1. The normalized spacial score (nSPS) is 18.1. The van der Waals surface area contributed by atoms with Crippen LogP contribution in [0, 0.1) is 5.92 Å². The molecule has 198 valence electrons. The van der Waals surface area contributed by atoms with Crippen molar-refractivity contribution in [3.8, 4) is 0 Å². The lowest BCUT2D eigenvalue weighted by Gasteiger charge is -2.37. The van der Waals surface area contributed by atoms with Crippen molar-refractivity contribution in [3.05, 3.63) is 23.9 Å². The maximum atomic E-state index is 12.1. The number of unbranched alkanes of at least 4 members (excludes halogenated alkanes) is 9. The van der Waals surface area contributed by atoms with Crippen molar-refractivity contribution in [2.75, 3.05) is 51.5 Å². The highest BCUT2D eigenvalue weighted by Crippen LogP contribution is 2.24. The molecule has 2 aliphatic rings. The SMILES string of the molecule is Nc1ncccc1C(=O)NCCCCCCCCCCCCN1CCN(CC2CCCCC2)CC1. The van der Waals surface area contributed by atoms with E-state index in [4.69, 9.17) is 5.73 Å². The summed E-state index contributed by atoms with van der Waals surface area (Å²) in [5.74, 6) is 1.17. The molecule has 0 aromatic carbocycles. The third kappa shape index (κ3) is 11.3. The van der Waals surface area contributed by atoms with Crippen LogP contribution in [0.15, 0.2) is 18.3 Å². The van der Waals surface area contributed by atoms with E-state index in [-0.39, 0.29) is 5.91 Å². The topological polar surface area (TPSA) is 74.5 Å². The maximum Gasteiger partial charge on any atom is 0.255 e. The van der Waals surface area contributed by atoms with Gasteiger partial charge in [-0.15, -0.1) is 0 Å². The molecule has 3 N–H and O–H groups in total. The van der Waals surface area contributed by atoms with Gasteiger partial charge >= 0.3 is 0 Å². The minimum absolute atomic E-state index is 0.118. The molecule has 1 amide bonds. The van der Waals surface area contributed by atoms with Crippen molar-refractivity contribution in [1.29, 1.82) is 0 Å². The van der Waals surface area contributed by atoms with Gasteiger partial charge < -0.3 is 20.9 Å². The Morgan fingerprint density at radius 1 is 0.857 bits per heavy atom. The van der Waals surface area contributed by atoms with Gasteiger partial charge in [-0.3, -0.25) is 4.79 Å². The largest absolute Gasteiger partial charge is 0.383 e. The first-order valence-corrected chi connectivity index (χ1v) is 14.7. The quantitative estimate of drug-likeness (QED) is 0.303. The van der Waals surface area contributed by atoms with Crippen molar-refractivity contribution >= 4 is 11.7 Å². The average Bonchev–Trinajstić information content (AvgIpc) is 2.88. The monoisotopic (exact) mass is 485 g/mol. The van der Waals surface area contributed by atoms with Crippen LogP contribution in [0.1, 0.15) is 107 Å². The second-order valence-electron chi connectivity index (χ2n) is 10.9. The molecule has 1 aliphatic heterocycles. The molecule has 6 nitrogen and oxygen atoms in total. The van der Waals surface area contributed by atoms with Gasteiger partial charge in [-0.1, -0.05) is 70.6 Å². The highest BCUT2D eigenvalue weighted by atomic mass is 16.1. The molecular formula is C29H51N5O. The molecule has 0 radical (unpaired) electrons. The van der Waals surface area contributed by atoms with Crippen LogP contribution < -0.4 is 11.1 Å². The van der Waals surface area contributed by atoms with E-state index in [0.29, 0.717) is 17.9 Å². The summed E-state index contributed by atoms with van der Waals surface area (Å²) >= 11 is 0. The third-order valence-corrected chi connectivity index (χ3v) is 7.98. The molecule has 1 aliphatic carbocycles. The number of nitrogen functional groups attached to an aromatic ring is 1. The van der Waals surface area contributed by atoms with Gasteiger partial charge in [-0.2, -0.15) is 0 Å². The van der Waals surface area contributed by atoms with Crippen LogP contribution in [0.3, 0.4) is 0 Å². The fourth-order valence-electron chi connectivity index (χ4n) is 5.71. The van der Waals surface area contributed by atoms with Crippen molar-refractivity contribution in [2.45, 2.75) is 96.3 Å². The average molecular weight is 486 g/mol. The zero-order chi connectivity index (χ0) is 24.6. The fourth-order valence-corrected chi connectivity index (χ4v) is 5.71. The summed E-state index contributed by atoms with van der Waals surface area (Å²) in [5.41, 5.74) is 6.22. The number of rotatable bonds is 16. The molecule has 0 spiro atoms. The molecule has 1 saturated carbocycles. The number of carbonyl (C=O) groups excluding carboxylic acids is 1. The van der Waals surface area contributed by atoms with E-state index in [1.807, 2.05) is 0 Å². The van der Waals surface area contributed by atoms with E-state index in [2.05, 4.69) is 20.1 Å². The van der Waals surface area contributed by atoms with E-state index >= 15 is 0 Å². The van der Waals surface area contributed by atoms with E-state index in [1.54, 1.807) is 18.3 Å². The van der Waals surface area contributed by atoms with Gasteiger partial charge in [-0.25, -0.2) is 4.98 Å². The van der Waals surface area contributed by atoms with Crippen molar-refractivity contribution in [3.63, 3.8) is 0 Å². The Balaban J connectivity index is 1.05. The standard InChI is InChI=1S/C29H51N5O/c30-28-27(17-14-19-31-28)29(35)32-18-12-7-5-3-1-2-4-6-8-13-20-33-21-23-34(24-22-33)25-26-15-10-9-11-16-26/h14,17,19,26H,1-13,15-16,18,20-25H2,(H2,30,31)(H,32,35). The number of anilines is 1. The van der Waals surface area contributed by atoms with Crippen LogP contribution in [-0.2, 0) is 0 Å². The van der Waals surface area contributed by atoms with Crippen LogP contribution >= 0.6 is 0 Å². The Labute approximate surface area is 214 Å². The predicted molar refractivity (Wildman–Crippen MR) is 147 cm³/mol. The first-order chi connectivity index (χ1) is 17.2. The maximum absolute atomic E-state index is 12.1. The molecule has 2 heterocycles. The van der Waals surface area contributed by atoms with Crippen LogP contribution in [0.2, 0.25) is 0 Å². The molecule has 0 unspecified atom stereocenters. The molecule has 0 atom stereocenters. The number of aromatic nitrogens is 1. The molecule has 0 bridgehead atoms. The summed E-state index contributed by atoms with van der Waals surface area (Å²) in [6, 6.07) is 3.46. The lowest BCUT2D eigenvalue weighted by molar-refractivity contribution is 0.0953. The summed E-state index contributed by atoms with van der Waals surface area (Å²) in [6.07, 6.45) is 22.0. The minimum Gasteiger partial charge on any atom is -0.383 e. The first-order valence-electron chi connectivity index (χ1n) is 14.7. The number of hydrogen-bond donors (Lipinski definition) is 2. The Morgan fingerprint density at radius 2 is 1.46 bits per heavy atom. The second-order valence-corrected chi connectivity index (χ2v) is 10.9. The van der Waals surface area contributed by atoms with E-state index in [9.17, 15) is 4.79 Å². The molecule has 35 heavy (non-hydrogen) atoms. The Kier molecular flexibility index (Phi) is 13.5. The summed E-state index contributed by atoms with van der Waals surface area (Å²) in [6.45, 7) is 8.54. The number of nitrogens with zero attached hydrogens (tertiary/aromatic N) is 3. The highest BCUT2D eigenvalue weighted by molar-refractivity contribution is 5.98. The number of pyridine rings is 1. The van der Waals surface area contributed by atoms with Crippen molar-refractivity contribution in [1.82, 2.24) is 20.1 Å². The Bertz CT molecular complexity index is 698. The summed E-state index contributed by atoms with van der Waals surface area (Å²) < 4.78 is 0. The summed E-state index contributed by atoms with van der Waals surface area (Å²) in [4.78, 5) is 21.5. The molecule has 2 fully saturated rings. The van der Waals surface area contributed by atoms with Crippen LogP contribution in [0.4, 0.5) is 5.82 Å². The van der Waals surface area contributed by atoms with Crippen LogP contribution in [0.5, 0.6) is 0 Å². The summed E-state index contributed by atoms with van der Waals surface area (Å²) in [5, 5.41) is 2.95. The summed E-state index contributed by atoms with van der Waals surface area (Å²) in [7, 11) is 0. The molecule has 1 aromatic rings. The molecule has 1 saturated heterocycles. The van der Waals surface area contributed by atoms with Crippen molar-refractivity contribution in [2.24, 2.45) is 5.92 Å². The van der Waals surface area contributed by atoms with E-state index in [0.717, 1.165) is 12.3 Å². The van der Waals surface area contributed by atoms with Crippen LogP contribution in [-0.4, -0.2) is 66.5 Å². The van der Waals surface area contributed by atoms with Gasteiger partial charge in [0, 0.05) is 45.5 Å². The molecular weight excluding hydrogens is 434 g/mol. The lowest BCUT2D eigenvalue weighted by atomic mass is 9.89. The Morgan fingerprint density at radius 3 is 2.11 bits per heavy atom. The fraction of sp³-hybridized carbons (Fsp3) is 0.793. The molecule has 6 heteroatoms. The van der Waals surface area contributed by atoms with Gasteiger partial charge in [0.2, 0.25) is 0 Å². The van der Waals surface area contributed by atoms with Crippen LogP contribution in [0.25, 0.3) is 0 Å². The minimum atomic E-state index is -0.118. The van der Waals surface area contributed by atoms with Gasteiger partial charge in [0.05, 0.1) is 5.56 Å². The second kappa shape index (κ2) is 16.9. The van der Waals surface area contributed by atoms with Crippen molar-refractivity contribution < 1.29 is 4.79 Å². The number of hydrogen-bond acceptors (Lipinski definition) is 5. The molecule has 3 rings (SSSR count). The van der Waals surface area contributed by atoms with Gasteiger partial charge in [0.25, 0.3) is 5.91 Å². The number of piperazine rings is 1. The molecule has 1 aromatic heterocycles. The lowest BCUT2D eigenvalue weighted by Crippen LogP contribution is -2.48. The Hall–Kier alpha value is -1.66. The van der Waals surface area contributed by atoms with E-state index < -0.39 is 0 Å². The predicted octanol–water partition coefficient (Wildman–Crippen LogP) is 5.49. The number of nitrogens with two attached hydrogens (primary N) is 1. The third-order valence-electron chi connectivity index (χ3n) is 7.98.